The van der Waals surface area contributed by atoms with Gasteiger partial charge in [-0.05, 0) is 44.4 Å². The van der Waals surface area contributed by atoms with Crippen molar-refractivity contribution in [3.8, 4) is 0 Å². The molecule has 80 valence electrons. The minimum atomic E-state index is 0.646. The summed E-state index contributed by atoms with van der Waals surface area (Å²) in [7, 11) is 0. The second-order valence-corrected chi connectivity index (χ2v) is 4.60. The maximum Gasteiger partial charge on any atom is -0.0118 e. The largest absolute Gasteiger partial charge is 0.103 e. The summed E-state index contributed by atoms with van der Waals surface area (Å²) in [5.41, 5.74) is 0.646. The van der Waals surface area contributed by atoms with E-state index < -0.39 is 0 Å². The van der Waals surface area contributed by atoms with Crippen molar-refractivity contribution >= 4 is 0 Å². The van der Waals surface area contributed by atoms with Crippen LogP contribution in [-0.4, -0.2) is 0 Å². The van der Waals surface area contributed by atoms with E-state index in [4.69, 9.17) is 0 Å². The molecule has 1 aliphatic carbocycles. The molecule has 1 rings (SSSR count). The Bertz CT molecular complexity index is 184. The molecule has 0 amide bonds. The molecule has 1 aliphatic rings. The third-order valence-electron chi connectivity index (χ3n) is 3.25. The first-order valence-corrected chi connectivity index (χ1v) is 6.08. The van der Waals surface area contributed by atoms with Crippen molar-refractivity contribution in [1.29, 1.82) is 0 Å². The van der Waals surface area contributed by atoms with Gasteiger partial charge >= 0.3 is 0 Å². The smallest absolute Gasteiger partial charge is 0.0118 e. The van der Waals surface area contributed by atoms with E-state index in [1.165, 1.54) is 51.4 Å². The molecule has 0 nitrogen and oxygen atoms in total. The molecule has 0 unspecified atom stereocenters. The standard InChI is InChI=1S/C14H24/c1-3-5-6-7-8-9-11-14(10-4-2)12-13-14/h3-4,10H,1,5-9,11-13H2,2H3. The van der Waals surface area contributed by atoms with Crippen LogP contribution in [0.4, 0.5) is 0 Å². The first kappa shape index (κ1) is 11.6. The topological polar surface area (TPSA) is 0 Å². The molecule has 0 radical (unpaired) electrons. The summed E-state index contributed by atoms with van der Waals surface area (Å²) in [4.78, 5) is 0. The Morgan fingerprint density at radius 1 is 1.14 bits per heavy atom. The van der Waals surface area contributed by atoms with Crippen LogP contribution >= 0.6 is 0 Å². The summed E-state index contributed by atoms with van der Waals surface area (Å²) in [6.45, 7) is 5.89. The lowest BCUT2D eigenvalue weighted by atomic mass is 9.97. The molecule has 0 aromatic heterocycles. The van der Waals surface area contributed by atoms with Gasteiger partial charge < -0.3 is 0 Å². The van der Waals surface area contributed by atoms with Gasteiger partial charge in [0.1, 0.15) is 0 Å². The van der Waals surface area contributed by atoms with E-state index in [2.05, 4.69) is 25.7 Å². The summed E-state index contributed by atoms with van der Waals surface area (Å²) in [5.74, 6) is 0. The van der Waals surface area contributed by atoms with Crippen LogP contribution in [0.5, 0.6) is 0 Å². The molecule has 0 spiro atoms. The van der Waals surface area contributed by atoms with E-state index >= 15 is 0 Å². The second kappa shape index (κ2) is 6.06. The maximum atomic E-state index is 3.74. The summed E-state index contributed by atoms with van der Waals surface area (Å²) < 4.78 is 0. The lowest BCUT2D eigenvalue weighted by Gasteiger charge is -2.08. The monoisotopic (exact) mass is 192 g/mol. The van der Waals surface area contributed by atoms with Gasteiger partial charge in [-0.2, -0.15) is 0 Å². The third-order valence-corrected chi connectivity index (χ3v) is 3.25. The zero-order valence-electron chi connectivity index (χ0n) is 9.60. The molecule has 0 aliphatic heterocycles. The Morgan fingerprint density at radius 2 is 1.86 bits per heavy atom. The molecule has 0 aromatic rings. The highest BCUT2D eigenvalue weighted by molar-refractivity contribution is 5.08. The van der Waals surface area contributed by atoms with Crippen LogP contribution in [0.25, 0.3) is 0 Å². The number of hydrogen-bond donors (Lipinski definition) is 0. The first-order chi connectivity index (χ1) is 6.83. The van der Waals surface area contributed by atoms with Gasteiger partial charge in [0.15, 0.2) is 0 Å². The zero-order valence-corrected chi connectivity index (χ0v) is 9.60. The molecule has 0 bridgehead atoms. The van der Waals surface area contributed by atoms with Crippen LogP contribution < -0.4 is 0 Å². The lowest BCUT2D eigenvalue weighted by Crippen LogP contribution is -1.94. The Hall–Kier alpha value is -0.520. The van der Waals surface area contributed by atoms with Gasteiger partial charge in [-0.15, -0.1) is 6.58 Å². The molecular formula is C14H24. The lowest BCUT2D eigenvalue weighted by molar-refractivity contribution is 0.515. The Labute approximate surface area is 89.1 Å². The molecule has 0 aromatic carbocycles. The third kappa shape index (κ3) is 4.13. The second-order valence-electron chi connectivity index (χ2n) is 4.60. The maximum absolute atomic E-state index is 3.74. The van der Waals surface area contributed by atoms with Gasteiger partial charge in [-0.1, -0.05) is 37.5 Å². The minimum Gasteiger partial charge on any atom is -0.103 e. The quantitative estimate of drug-likeness (QED) is 0.380. The van der Waals surface area contributed by atoms with E-state index in [1.54, 1.807) is 0 Å². The average Bonchev–Trinajstić information content (AvgIpc) is 2.93. The Balaban J connectivity index is 1.96. The van der Waals surface area contributed by atoms with Gasteiger partial charge in [-0.25, -0.2) is 0 Å². The first-order valence-electron chi connectivity index (χ1n) is 6.08. The molecular weight excluding hydrogens is 168 g/mol. The average molecular weight is 192 g/mol. The van der Waals surface area contributed by atoms with E-state index in [-0.39, 0.29) is 0 Å². The van der Waals surface area contributed by atoms with E-state index in [9.17, 15) is 0 Å². The summed E-state index contributed by atoms with van der Waals surface area (Å²) in [6.07, 6.45) is 17.7. The van der Waals surface area contributed by atoms with Gasteiger partial charge in [-0.3, -0.25) is 0 Å². The van der Waals surface area contributed by atoms with E-state index in [1.807, 2.05) is 6.08 Å². The number of rotatable bonds is 8. The highest BCUT2D eigenvalue weighted by atomic mass is 14.4. The van der Waals surface area contributed by atoms with Crippen molar-refractivity contribution in [2.75, 3.05) is 0 Å². The Morgan fingerprint density at radius 3 is 2.43 bits per heavy atom. The van der Waals surface area contributed by atoms with Crippen molar-refractivity contribution in [2.24, 2.45) is 5.41 Å². The van der Waals surface area contributed by atoms with E-state index in [0.29, 0.717) is 5.41 Å². The van der Waals surface area contributed by atoms with Gasteiger partial charge in [0.25, 0.3) is 0 Å². The highest BCUT2D eigenvalue weighted by Gasteiger charge is 2.38. The Kier molecular flexibility index (Phi) is 5.00. The van der Waals surface area contributed by atoms with Crippen molar-refractivity contribution < 1.29 is 0 Å². The van der Waals surface area contributed by atoms with Crippen LogP contribution in [-0.2, 0) is 0 Å². The van der Waals surface area contributed by atoms with Crippen molar-refractivity contribution in [1.82, 2.24) is 0 Å². The predicted octanol–water partition coefficient (Wildman–Crippen LogP) is 4.87. The molecule has 0 heteroatoms. The van der Waals surface area contributed by atoms with Crippen LogP contribution in [0.15, 0.2) is 24.8 Å². The van der Waals surface area contributed by atoms with Gasteiger partial charge in [0.2, 0.25) is 0 Å². The molecule has 1 saturated carbocycles. The van der Waals surface area contributed by atoms with E-state index in [0.717, 1.165) is 0 Å². The fourth-order valence-corrected chi connectivity index (χ4v) is 2.13. The normalized spacial score (nSPS) is 18.6. The van der Waals surface area contributed by atoms with Crippen molar-refractivity contribution in [2.45, 2.75) is 58.3 Å². The highest BCUT2D eigenvalue weighted by Crippen LogP contribution is 2.51. The van der Waals surface area contributed by atoms with Crippen LogP contribution in [0.1, 0.15) is 58.3 Å². The summed E-state index contributed by atoms with van der Waals surface area (Å²) in [5, 5.41) is 0. The number of unbranched alkanes of at least 4 members (excludes halogenated alkanes) is 4. The van der Waals surface area contributed by atoms with Crippen LogP contribution in [0.3, 0.4) is 0 Å². The molecule has 0 atom stereocenters. The SMILES string of the molecule is C=CCCCCCCC1(C=CC)CC1. The summed E-state index contributed by atoms with van der Waals surface area (Å²) in [6, 6.07) is 0. The minimum absolute atomic E-state index is 0.646. The van der Waals surface area contributed by atoms with Crippen LogP contribution in [0, 0.1) is 5.41 Å². The van der Waals surface area contributed by atoms with Gasteiger partial charge in [0, 0.05) is 0 Å². The summed E-state index contributed by atoms with van der Waals surface area (Å²) >= 11 is 0. The number of hydrogen-bond acceptors (Lipinski definition) is 0. The van der Waals surface area contributed by atoms with Crippen molar-refractivity contribution in [3.05, 3.63) is 24.8 Å². The molecule has 1 fully saturated rings. The fourth-order valence-electron chi connectivity index (χ4n) is 2.13. The van der Waals surface area contributed by atoms with Crippen molar-refractivity contribution in [3.63, 3.8) is 0 Å². The zero-order chi connectivity index (χ0) is 10.3. The predicted molar refractivity (Wildman–Crippen MR) is 64.4 cm³/mol. The van der Waals surface area contributed by atoms with Crippen LogP contribution in [0.2, 0.25) is 0 Å². The molecule has 0 heterocycles. The fraction of sp³-hybridized carbons (Fsp3) is 0.714. The van der Waals surface area contributed by atoms with Gasteiger partial charge in [0.05, 0.1) is 0 Å². The number of allylic oxidation sites excluding steroid dienone is 3. The molecule has 0 N–H and O–H groups in total. The molecule has 14 heavy (non-hydrogen) atoms. The molecule has 0 saturated heterocycles.